The first-order chi connectivity index (χ1) is 9.11. The molecule has 100 valence electrons. The number of nitrogens with two attached hydrogens (primary N) is 1. The first-order valence-electron chi connectivity index (χ1n) is 6.24. The Bertz CT molecular complexity index is 584. The van der Waals surface area contributed by atoms with E-state index in [1.807, 2.05) is 6.07 Å². The van der Waals surface area contributed by atoms with Crippen molar-refractivity contribution in [2.75, 3.05) is 11.1 Å². The number of halogens is 1. The zero-order valence-electron chi connectivity index (χ0n) is 11.1. The fourth-order valence-corrected chi connectivity index (χ4v) is 2.47. The molecule has 0 saturated carbocycles. The SMILES string of the molecule is CCCc1c(N)ncnc1Nc1ccc(C)cc1Br. The third-order valence-corrected chi connectivity index (χ3v) is 3.51. The topological polar surface area (TPSA) is 63.8 Å². The number of nitrogens with one attached hydrogen (secondary N) is 1. The van der Waals surface area contributed by atoms with Gasteiger partial charge in [0.15, 0.2) is 0 Å². The summed E-state index contributed by atoms with van der Waals surface area (Å²) < 4.78 is 1.01. The second kappa shape index (κ2) is 6.02. The lowest BCUT2D eigenvalue weighted by molar-refractivity contribution is 0.908. The molecule has 5 heteroatoms. The zero-order valence-corrected chi connectivity index (χ0v) is 12.7. The summed E-state index contributed by atoms with van der Waals surface area (Å²) in [6.45, 7) is 4.16. The average Bonchev–Trinajstić information content (AvgIpc) is 2.37. The number of rotatable bonds is 4. The summed E-state index contributed by atoms with van der Waals surface area (Å²) in [7, 11) is 0. The summed E-state index contributed by atoms with van der Waals surface area (Å²) >= 11 is 3.55. The van der Waals surface area contributed by atoms with Gasteiger partial charge in [0.25, 0.3) is 0 Å². The van der Waals surface area contributed by atoms with E-state index >= 15 is 0 Å². The van der Waals surface area contributed by atoms with E-state index in [-0.39, 0.29) is 0 Å². The number of benzene rings is 1. The smallest absolute Gasteiger partial charge is 0.139 e. The molecule has 0 aliphatic heterocycles. The molecule has 2 rings (SSSR count). The van der Waals surface area contributed by atoms with Crippen molar-refractivity contribution < 1.29 is 0 Å². The molecule has 19 heavy (non-hydrogen) atoms. The number of aryl methyl sites for hydroxylation is 1. The van der Waals surface area contributed by atoms with Crippen LogP contribution in [0.1, 0.15) is 24.5 Å². The van der Waals surface area contributed by atoms with Crippen LogP contribution in [0.4, 0.5) is 17.3 Å². The van der Waals surface area contributed by atoms with Gasteiger partial charge in [0.05, 0.1) is 5.69 Å². The van der Waals surface area contributed by atoms with E-state index < -0.39 is 0 Å². The standard InChI is InChI=1S/C14H17BrN4/c1-3-4-10-13(16)17-8-18-14(10)19-12-6-5-9(2)7-11(12)15/h5-8H,3-4H2,1-2H3,(H3,16,17,18,19). The van der Waals surface area contributed by atoms with Crippen LogP contribution in [0.5, 0.6) is 0 Å². The van der Waals surface area contributed by atoms with Crippen LogP contribution in [0.2, 0.25) is 0 Å². The first-order valence-corrected chi connectivity index (χ1v) is 7.03. The Hall–Kier alpha value is -1.62. The Balaban J connectivity index is 2.35. The number of hydrogen-bond acceptors (Lipinski definition) is 4. The molecule has 0 aliphatic rings. The van der Waals surface area contributed by atoms with Gasteiger partial charge in [0.1, 0.15) is 18.0 Å². The molecule has 0 unspecified atom stereocenters. The lowest BCUT2D eigenvalue weighted by Gasteiger charge is -2.13. The molecule has 4 nitrogen and oxygen atoms in total. The lowest BCUT2D eigenvalue weighted by Crippen LogP contribution is -2.05. The Morgan fingerprint density at radius 1 is 1.32 bits per heavy atom. The highest BCUT2D eigenvalue weighted by Crippen LogP contribution is 2.28. The molecular weight excluding hydrogens is 304 g/mol. The van der Waals surface area contributed by atoms with Crippen LogP contribution >= 0.6 is 15.9 Å². The number of aromatic nitrogens is 2. The molecule has 0 spiro atoms. The van der Waals surface area contributed by atoms with Crippen molar-refractivity contribution in [1.82, 2.24) is 9.97 Å². The minimum absolute atomic E-state index is 0.544. The van der Waals surface area contributed by atoms with Gasteiger partial charge in [-0.25, -0.2) is 9.97 Å². The largest absolute Gasteiger partial charge is 0.383 e. The Morgan fingerprint density at radius 2 is 2.11 bits per heavy atom. The summed E-state index contributed by atoms with van der Waals surface area (Å²) in [6.07, 6.45) is 3.35. The molecule has 1 aromatic heterocycles. The monoisotopic (exact) mass is 320 g/mol. The minimum Gasteiger partial charge on any atom is -0.383 e. The van der Waals surface area contributed by atoms with Crippen LogP contribution in [0.15, 0.2) is 29.0 Å². The highest BCUT2D eigenvalue weighted by Gasteiger charge is 2.10. The van der Waals surface area contributed by atoms with Gasteiger partial charge in [-0.2, -0.15) is 0 Å². The van der Waals surface area contributed by atoms with Crippen molar-refractivity contribution >= 4 is 33.3 Å². The molecule has 1 heterocycles. The van der Waals surface area contributed by atoms with Crippen molar-refractivity contribution in [1.29, 1.82) is 0 Å². The van der Waals surface area contributed by atoms with Crippen molar-refractivity contribution in [2.45, 2.75) is 26.7 Å². The van der Waals surface area contributed by atoms with Crippen molar-refractivity contribution in [3.05, 3.63) is 40.1 Å². The highest BCUT2D eigenvalue weighted by molar-refractivity contribution is 9.10. The molecule has 0 aliphatic carbocycles. The van der Waals surface area contributed by atoms with E-state index in [4.69, 9.17) is 5.73 Å². The molecule has 0 fully saturated rings. The molecule has 0 atom stereocenters. The number of nitrogen functional groups attached to an aromatic ring is 1. The third-order valence-electron chi connectivity index (χ3n) is 2.86. The van der Waals surface area contributed by atoms with E-state index in [1.165, 1.54) is 11.9 Å². The number of nitrogens with zero attached hydrogens (tertiary/aromatic N) is 2. The third kappa shape index (κ3) is 3.23. The van der Waals surface area contributed by atoms with Gasteiger partial charge < -0.3 is 11.1 Å². The van der Waals surface area contributed by atoms with Gasteiger partial charge in [-0.05, 0) is 47.0 Å². The van der Waals surface area contributed by atoms with E-state index in [9.17, 15) is 0 Å². The Labute approximate surface area is 121 Å². The summed E-state index contributed by atoms with van der Waals surface area (Å²) in [6, 6.07) is 6.14. The fourth-order valence-electron chi connectivity index (χ4n) is 1.88. The van der Waals surface area contributed by atoms with Crippen LogP contribution in [-0.4, -0.2) is 9.97 Å². The Kier molecular flexibility index (Phi) is 4.37. The fraction of sp³-hybridized carbons (Fsp3) is 0.286. The highest BCUT2D eigenvalue weighted by atomic mass is 79.9. The van der Waals surface area contributed by atoms with E-state index in [0.29, 0.717) is 5.82 Å². The minimum atomic E-state index is 0.544. The van der Waals surface area contributed by atoms with Crippen LogP contribution < -0.4 is 11.1 Å². The number of hydrogen-bond donors (Lipinski definition) is 2. The maximum absolute atomic E-state index is 5.92. The second-order valence-corrected chi connectivity index (χ2v) is 5.30. The van der Waals surface area contributed by atoms with Crippen LogP contribution in [0.3, 0.4) is 0 Å². The summed E-state index contributed by atoms with van der Waals surface area (Å²) in [5.74, 6) is 1.32. The summed E-state index contributed by atoms with van der Waals surface area (Å²) in [4.78, 5) is 8.35. The average molecular weight is 321 g/mol. The molecule has 0 saturated heterocycles. The predicted molar refractivity (Wildman–Crippen MR) is 82.6 cm³/mol. The zero-order chi connectivity index (χ0) is 13.8. The maximum Gasteiger partial charge on any atom is 0.139 e. The number of anilines is 3. The van der Waals surface area contributed by atoms with Crippen molar-refractivity contribution in [2.24, 2.45) is 0 Å². The molecule has 0 bridgehead atoms. The van der Waals surface area contributed by atoms with E-state index in [2.05, 4.69) is 57.2 Å². The first kappa shape index (κ1) is 13.8. The second-order valence-electron chi connectivity index (χ2n) is 4.44. The van der Waals surface area contributed by atoms with E-state index in [0.717, 1.165) is 34.4 Å². The van der Waals surface area contributed by atoms with Crippen molar-refractivity contribution in [3.8, 4) is 0 Å². The molecular formula is C14H17BrN4. The van der Waals surface area contributed by atoms with Crippen LogP contribution in [0, 0.1) is 6.92 Å². The normalized spacial score (nSPS) is 10.5. The van der Waals surface area contributed by atoms with Gasteiger partial charge in [0, 0.05) is 10.0 Å². The molecule has 3 N–H and O–H groups in total. The quantitative estimate of drug-likeness (QED) is 0.898. The molecule has 0 radical (unpaired) electrons. The van der Waals surface area contributed by atoms with Gasteiger partial charge in [-0.15, -0.1) is 0 Å². The van der Waals surface area contributed by atoms with Crippen LogP contribution in [0.25, 0.3) is 0 Å². The molecule has 1 aromatic carbocycles. The van der Waals surface area contributed by atoms with Crippen LogP contribution in [-0.2, 0) is 6.42 Å². The molecule has 2 aromatic rings. The van der Waals surface area contributed by atoms with Crippen molar-refractivity contribution in [3.63, 3.8) is 0 Å². The maximum atomic E-state index is 5.92. The van der Waals surface area contributed by atoms with E-state index in [1.54, 1.807) is 0 Å². The summed E-state index contributed by atoms with van der Waals surface area (Å²) in [5.41, 5.74) is 9.07. The predicted octanol–water partition coefficient (Wildman–Crippen LogP) is 3.83. The Morgan fingerprint density at radius 3 is 2.79 bits per heavy atom. The van der Waals surface area contributed by atoms with Gasteiger partial charge in [-0.3, -0.25) is 0 Å². The molecule has 0 amide bonds. The van der Waals surface area contributed by atoms with Gasteiger partial charge in [-0.1, -0.05) is 19.4 Å². The van der Waals surface area contributed by atoms with Gasteiger partial charge in [0.2, 0.25) is 0 Å². The summed E-state index contributed by atoms with van der Waals surface area (Å²) in [5, 5.41) is 3.32. The van der Waals surface area contributed by atoms with Gasteiger partial charge >= 0.3 is 0 Å². The lowest BCUT2D eigenvalue weighted by atomic mass is 10.1.